The minimum Gasteiger partial charge on any atom is -0.323 e. The first kappa shape index (κ1) is 22.0. The maximum atomic E-state index is 12.9. The van der Waals surface area contributed by atoms with Gasteiger partial charge in [0.05, 0.1) is 11.2 Å². The molecule has 0 radical (unpaired) electrons. The van der Waals surface area contributed by atoms with Crippen LogP contribution in [0, 0.1) is 0 Å². The molecule has 0 fully saturated rings. The van der Waals surface area contributed by atoms with E-state index in [0.29, 0.717) is 23.4 Å². The number of nitrogens with one attached hydrogen (secondary N) is 2. The van der Waals surface area contributed by atoms with Crippen LogP contribution in [0.15, 0.2) is 72.3 Å². The number of rotatable bonds is 9. The number of thioether (sulfide) groups is 1. The molecule has 30 heavy (non-hydrogen) atoms. The van der Waals surface area contributed by atoms with Crippen LogP contribution in [0.5, 0.6) is 0 Å². The van der Waals surface area contributed by atoms with Crippen LogP contribution < -0.4 is 10.0 Å². The highest BCUT2D eigenvalue weighted by atomic mass is 32.2. The van der Waals surface area contributed by atoms with Gasteiger partial charge in [-0.2, -0.15) is 16.5 Å². The second-order valence-corrected chi connectivity index (χ2v) is 9.16. The Kier molecular flexibility index (Phi) is 7.62. The standard InChI is InChI=1S/C22H23N3O3S2/c1-29-15-12-20(25-30(27,28)16-13-17-7-3-2-4-8-17)22(26)24-19-11-5-9-18-10-6-14-23-21(18)19/h2-11,13-14,16,20,25H,12,15H2,1H3,(H,24,26)/b16-13+. The minimum atomic E-state index is -3.81. The fourth-order valence-electron chi connectivity index (χ4n) is 2.87. The molecule has 0 saturated carbocycles. The monoisotopic (exact) mass is 441 g/mol. The quantitative estimate of drug-likeness (QED) is 0.526. The molecule has 0 aliphatic rings. The van der Waals surface area contributed by atoms with Crippen molar-refractivity contribution in [1.29, 1.82) is 0 Å². The summed E-state index contributed by atoms with van der Waals surface area (Å²) in [5, 5.41) is 4.80. The van der Waals surface area contributed by atoms with E-state index >= 15 is 0 Å². The molecule has 0 aliphatic heterocycles. The molecule has 1 heterocycles. The number of sulfonamides is 1. The summed E-state index contributed by atoms with van der Waals surface area (Å²) in [7, 11) is -3.81. The van der Waals surface area contributed by atoms with Crippen molar-refractivity contribution in [2.24, 2.45) is 0 Å². The average molecular weight is 442 g/mol. The molecule has 1 aromatic heterocycles. The van der Waals surface area contributed by atoms with E-state index in [1.807, 2.05) is 48.7 Å². The number of fused-ring (bicyclic) bond motifs is 1. The van der Waals surface area contributed by atoms with Gasteiger partial charge < -0.3 is 5.32 Å². The topological polar surface area (TPSA) is 88.2 Å². The molecule has 8 heteroatoms. The summed E-state index contributed by atoms with van der Waals surface area (Å²) in [5.74, 6) is 0.218. The Morgan fingerprint density at radius 3 is 2.63 bits per heavy atom. The highest BCUT2D eigenvalue weighted by molar-refractivity contribution is 7.98. The van der Waals surface area contributed by atoms with Crippen molar-refractivity contribution in [2.75, 3.05) is 17.3 Å². The molecular weight excluding hydrogens is 418 g/mol. The molecule has 0 bridgehead atoms. The second kappa shape index (κ2) is 10.4. The Bertz CT molecular complexity index is 1130. The number of nitrogens with zero attached hydrogens (tertiary/aromatic N) is 1. The Labute approximate surface area is 180 Å². The Morgan fingerprint density at radius 2 is 1.87 bits per heavy atom. The van der Waals surface area contributed by atoms with Crippen LogP contribution in [0.4, 0.5) is 5.69 Å². The third-order valence-corrected chi connectivity index (χ3v) is 6.11. The predicted molar refractivity (Wildman–Crippen MR) is 125 cm³/mol. The molecule has 156 valence electrons. The third kappa shape index (κ3) is 6.16. The number of carbonyl (C=O) groups is 1. The van der Waals surface area contributed by atoms with Gasteiger partial charge in [-0.25, -0.2) is 8.42 Å². The minimum absolute atomic E-state index is 0.365. The number of para-hydroxylation sites is 1. The van der Waals surface area contributed by atoms with Crippen LogP contribution in [-0.2, 0) is 14.8 Å². The first-order valence-corrected chi connectivity index (χ1v) is 12.3. The predicted octanol–water partition coefficient (Wildman–Crippen LogP) is 3.89. The lowest BCUT2D eigenvalue weighted by atomic mass is 10.1. The van der Waals surface area contributed by atoms with Gasteiger partial charge in [-0.1, -0.05) is 48.5 Å². The second-order valence-electron chi connectivity index (χ2n) is 6.58. The van der Waals surface area contributed by atoms with Gasteiger partial charge in [0, 0.05) is 17.0 Å². The van der Waals surface area contributed by atoms with Gasteiger partial charge in [-0.3, -0.25) is 9.78 Å². The lowest BCUT2D eigenvalue weighted by molar-refractivity contribution is -0.117. The molecule has 0 spiro atoms. The number of benzene rings is 2. The highest BCUT2D eigenvalue weighted by Crippen LogP contribution is 2.21. The summed E-state index contributed by atoms with van der Waals surface area (Å²) < 4.78 is 27.6. The Hall–Kier alpha value is -2.68. The van der Waals surface area contributed by atoms with Crippen molar-refractivity contribution in [3.8, 4) is 0 Å². The van der Waals surface area contributed by atoms with Crippen LogP contribution >= 0.6 is 11.8 Å². The van der Waals surface area contributed by atoms with E-state index in [2.05, 4.69) is 15.0 Å². The zero-order chi connectivity index (χ0) is 21.4. The summed E-state index contributed by atoms with van der Waals surface area (Å²) in [6.07, 6.45) is 5.43. The van der Waals surface area contributed by atoms with E-state index in [9.17, 15) is 13.2 Å². The van der Waals surface area contributed by atoms with Gasteiger partial charge in [0.2, 0.25) is 15.9 Å². The smallest absolute Gasteiger partial charge is 0.242 e. The molecule has 0 aliphatic carbocycles. The molecule has 1 atom stereocenters. The maximum Gasteiger partial charge on any atom is 0.242 e. The van der Waals surface area contributed by atoms with Crippen LogP contribution in [0.2, 0.25) is 0 Å². The molecule has 3 rings (SSSR count). The molecule has 3 aromatic rings. The lowest BCUT2D eigenvalue weighted by Crippen LogP contribution is -2.43. The van der Waals surface area contributed by atoms with E-state index in [1.54, 1.807) is 36.2 Å². The van der Waals surface area contributed by atoms with Crippen molar-refractivity contribution in [3.05, 3.63) is 77.8 Å². The molecule has 0 saturated heterocycles. The number of amides is 1. The van der Waals surface area contributed by atoms with Crippen molar-refractivity contribution in [3.63, 3.8) is 0 Å². The summed E-state index contributed by atoms with van der Waals surface area (Å²) in [4.78, 5) is 17.2. The Balaban J connectivity index is 1.77. The Morgan fingerprint density at radius 1 is 1.10 bits per heavy atom. The maximum absolute atomic E-state index is 12.9. The van der Waals surface area contributed by atoms with Crippen LogP contribution in [0.25, 0.3) is 17.0 Å². The molecular formula is C22H23N3O3S2. The molecule has 1 unspecified atom stereocenters. The normalized spacial score (nSPS) is 12.8. The van der Waals surface area contributed by atoms with E-state index in [4.69, 9.17) is 0 Å². The van der Waals surface area contributed by atoms with Crippen molar-refractivity contribution >= 4 is 50.4 Å². The number of hydrogen-bond acceptors (Lipinski definition) is 5. The van der Waals surface area contributed by atoms with Gasteiger partial charge in [-0.05, 0) is 42.2 Å². The number of aromatic nitrogens is 1. The molecule has 2 aromatic carbocycles. The van der Waals surface area contributed by atoms with Gasteiger partial charge in [-0.15, -0.1) is 0 Å². The van der Waals surface area contributed by atoms with Gasteiger partial charge in [0.15, 0.2) is 0 Å². The zero-order valence-electron chi connectivity index (χ0n) is 16.5. The zero-order valence-corrected chi connectivity index (χ0v) is 18.1. The summed E-state index contributed by atoms with van der Waals surface area (Å²) >= 11 is 1.55. The summed E-state index contributed by atoms with van der Waals surface area (Å²) in [6.45, 7) is 0. The van der Waals surface area contributed by atoms with Crippen molar-refractivity contribution < 1.29 is 13.2 Å². The van der Waals surface area contributed by atoms with Crippen LogP contribution in [0.3, 0.4) is 0 Å². The van der Waals surface area contributed by atoms with E-state index in [1.165, 1.54) is 6.08 Å². The van der Waals surface area contributed by atoms with Gasteiger partial charge in [0.25, 0.3) is 0 Å². The number of hydrogen-bond donors (Lipinski definition) is 2. The third-order valence-electron chi connectivity index (χ3n) is 4.36. The van der Waals surface area contributed by atoms with Crippen molar-refractivity contribution in [2.45, 2.75) is 12.5 Å². The van der Waals surface area contributed by atoms with Crippen LogP contribution in [-0.4, -0.2) is 37.4 Å². The lowest BCUT2D eigenvalue weighted by Gasteiger charge is -2.17. The fourth-order valence-corrected chi connectivity index (χ4v) is 4.38. The largest absolute Gasteiger partial charge is 0.323 e. The van der Waals surface area contributed by atoms with E-state index < -0.39 is 22.0 Å². The van der Waals surface area contributed by atoms with E-state index in [0.717, 1.165) is 16.4 Å². The molecule has 1 amide bonds. The number of anilines is 1. The van der Waals surface area contributed by atoms with Crippen molar-refractivity contribution in [1.82, 2.24) is 9.71 Å². The van der Waals surface area contributed by atoms with Gasteiger partial charge >= 0.3 is 0 Å². The first-order valence-electron chi connectivity index (χ1n) is 9.37. The fraction of sp³-hybridized carbons (Fsp3) is 0.182. The van der Waals surface area contributed by atoms with Crippen LogP contribution in [0.1, 0.15) is 12.0 Å². The highest BCUT2D eigenvalue weighted by Gasteiger charge is 2.23. The first-order chi connectivity index (χ1) is 14.5. The van der Waals surface area contributed by atoms with E-state index in [-0.39, 0.29) is 0 Å². The molecule has 6 nitrogen and oxygen atoms in total. The summed E-state index contributed by atoms with van der Waals surface area (Å²) in [5.41, 5.74) is 1.96. The summed E-state index contributed by atoms with van der Waals surface area (Å²) in [6, 6.07) is 17.4. The average Bonchev–Trinajstić information content (AvgIpc) is 2.76. The number of pyridine rings is 1. The number of carbonyl (C=O) groups excluding carboxylic acids is 1. The SMILES string of the molecule is CSCCC(NS(=O)(=O)/C=C/c1ccccc1)C(=O)Nc1cccc2cccnc12. The van der Waals surface area contributed by atoms with Gasteiger partial charge in [0.1, 0.15) is 6.04 Å². The molecule has 2 N–H and O–H groups in total.